The van der Waals surface area contributed by atoms with Crippen molar-refractivity contribution in [3.05, 3.63) is 57.8 Å². The van der Waals surface area contributed by atoms with E-state index in [0.717, 1.165) is 22.2 Å². The largest absolute Gasteiger partial charge is 0.322 e. The van der Waals surface area contributed by atoms with Crippen LogP contribution < -0.4 is 5.32 Å². The second-order valence-corrected chi connectivity index (χ2v) is 8.39. The van der Waals surface area contributed by atoms with Gasteiger partial charge in [0, 0.05) is 23.2 Å². The fraction of sp³-hybridized carbons (Fsp3) is 0.278. The molecule has 0 unspecified atom stereocenters. The molecule has 0 spiro atoms. The van der Waals surface area contributed by atoms with Crippen molar-refractivity contribution in [3.63, 3.8) is 0 Å². The smallest absolute Gasteiger partial charge is 0.258 e. The molecule has 5 nitrogen and oxygen atoms in total. The zero-order valence-corrected chi connectivity index (χ0v) is 17.1. The average Bonchev–Trinajstić information content (AvgIpc) is 2.60. The van der Waals surface area contributed by atoms with Gasteiger partial charge in [0.05, 0.1) is 10.5 Å². The van der Waals surface area contributed by atoms with Crippen molar-refractivity contribution in [3.8, 4) is 0 Å². The molecule has 1 amide bonds. The fourth-order valence-corrected chi connectivity index (χ4v) is 4.33. The van der Waals surface area contributed by atoms with Gasteiger partial charge in [-0.15, -0.1) is 0 Å². The summed E-state index contributed by atoms with van der Waals surface area (Å²) in [5.41, 5.74) is 0.978. The predicted octanol–water partition coefficient (Wildman–Crippen LogP) is 4.18. The van der Waals surface area contributed by atoms with Gasteiger partial charge in [-0.1, -0.05) is 35.8 Å². The van der Waals surface area contributed by atoms with Gasteiger partial charge in [-0.3, -0.25) is 4.79 Å². The molecule has 8 heteroatoms. The quantitative estimate of drug-likeness (QED) is 0.729. The van der Waals surface area contributed by atoms with E-state index in [4.69, 9.17) is 0 Å². The Hall–Kier alpha value is -1.77. The normalized spacial score (nSPS) is 11.6. The summed E-state index contributed by atoms with van der Waals surface area (Å²) in [4.78, 5) is 12.4. The number of halogens is 2. The average molecular weight is 443 g/mol. The van der Waals surface area contributed by atoms with E-state index in [1.807, 2.05) is 6.07 Å². The van der Waals surface area contributed by atoms with Crippen molar-refractivity contribution in [1.29, 1.82) is 0 Å². The number of sulfonamides is 1. The lowest BCUT2D eigenvalue weighted by Crippen LogP contribution is -2.31. The molecule has 0 aliphatic rings. The molecule has 2 aromatic carbocycles. The molecular weight excluding hydrogens is 423 g/mol. The third-order valence-electron chi connectivity index (χ3n) is 4.04. The molecule has 0 saturated carbocycles. The number of carbonyl (C=O) groups excluding carboxylic acids is 1. The Morgan fingerprint density at radius 3 is 2.46 bits per heavy atom. The summed E-state index contributed by atoms with van der Waals surface area (Å²) in [6, 6.07) is 8.49. The summed E-state index contributed by atoms with van der Waals surface area (Å²) in [7, 11) is -3.78. The first-order valence-corrected chi connectivity index (χ1v) is 10.3. The van der Waals surface area contributed by atoms with E-state index in [-0.39, 0.29) is 23.5 Å². The minimum absolute atomic E-state index is 0.112. The van der Waals surface area contributed by atoms with E-state index in [1.54, 1.807) is 32.9 Å². The Balaban J connectivity index is 2.41. The van der Waals surface area contributed by atoms with Crippen LogP contribution in [0.15, 0.2) is 45.8 Å². The van der Waals surface area contributed by atoms with E-state index in [1.165, 1.54) is 10.4 Å². The monoisotopic (exact) mass is 442 g/mol. The van der Waals surface area contributed by atoms with Crippen LogP contribution in [0.1, 0.15) is 29.8 Å². The van der Waals surface area contributed by atoms with Crippen LogP contribution in [0, 0.1) is 12.7 Å². The third-order valence-corrected chi connectivity index (χ3v) is 6.95. The Bertz CT molecular complexity index is 928. The van der Waals surface area contributed by atoms with Gasteiger partial charge in [0.1, 0.15) is 5.82 Å². The van der Waals surface area contributed by atoms with Crippen LogP contribution in [0.5, 0.6) is 0 Å². The Labute approximate surface area is 161 Å². The molecule has 2 aromatic rings. The second-order valence-electron chi connectivity index (χ2n) is 5.60. The third kappa shape index (κ3) is 4.13. The van der Waals surface area contributed by atoms with E-state index in [0.29, 0.717) is 5.69 Å². The molecule has 26 heavy (non-hydrogen) atoms. The highest BCUT2D eigenvalue weighted by Gasteiger charge is 2.24. The van der Waals surface area contributed by atoms with Crippen LogP contribution in [0.4, 0.5) is 10.1 Å². The molecule has 0 atom stereocenters. The van der Waals surface area contributed by atoms with Gasteiger partial charge >= 0.3 is 0 Å². The van der Waals surface area contributed by atoms with Crippen molar-refractivity contribution in [2.75, 3.05) is 18.4 Å². The zero-order chi connectivity index (χ0) is 19.5. The summed E-state index contributed by atoms with van der Waals surface area (Å²) in [5, 5.41) is 2.63. The maximum absolute atomic E-state index is 14.2. The molecule has 0 radical (unpaired) electrons. The highest BCUT2D eigenvalue weighted by Crippen LogP contribution is 2.25. The number of hydrogen-bond donors (Lipinski definition) is 1. The molecule has 0 saturated heterocycles. The van der Waals surface area contributed by atoms with E-state index in [2.05, 4.69) is 21.2 Å². The summed E-state index contributed by atoms with van der Waals surface area (Å²) in [6.07, 6.45) is 0. The van der Waals surface area contributed by atoms with Gasteiger partial charge in [0.15, 0.2) is 0 Å². The van der Waals surface area contributed by atoms with Gasteiger partial charge in [0.2, 0.25) is 10.0 Å². The van der Waals surface area contributed by atoms with E-state index >= 15 is 0 Å². The lowest BCUT2D eigenvalue weighted by Gasteiger charge is -2.19. The molecule has 0 bridgehead atoms. The fourth-order valence-electron chi connectivity index (χ4n) is 2.48. The van der Waals surface area contributed by atoms with Crippen molar-refractivity contribution in [2.45, 2.75) is 25.7 Å². The van der Waals surface area contributed by atoms with Crippen LogP contribution in [-0.4, -0.2) is 31.7 Å². The number of amides is 1. The Kier molecular flexibility index (Phi) is 6.54. The maximum atomic E-state index is 14.2. The number of nitrogens with one attached hydrogen (secondary N) is 1. The summed E-state index contributed by atoms with van der Waals surface area (Å²) >= 11 is 3.37. The number of nitrogens with zero attached hydrogens (tertiary/aromatic N) is 1. The molecule has 0 heterocycles. The molecule has 1 N–H and O–H groups in total. The molecule has 0 aromatic heterocycles. The maximum Gasteiger partial charge on any atom is 0.258 e. The van der Waals surface area contributed by atoms with Crippen molar-refractivity contribution in [1.82, 2.24) is 4.31 Å². The first-order chi connectivity index (χ1) is 12.2. The van der Waals surface area contributed by atoms with Gasteiger partial charge in [-0.25, -0.2) is 12.8 Å². The summed E-state index contributed by atoms with van der Waals surface area (Å²) in [6.45, 7) is 5.81. The zero-order valence-electron chi connectivity index (χ0n) is 14.7. The highest BCUT2D eigenvalue weighted by molar-refractivity contribution is 9.10. The van der Waals surface area contributed by atoms with Gasteiger partial charge in [-0.2, -0.15) is 4.31 Å². The van der Waals surface area contributed by atoms with Crippen LogP contribution >= 0.6 is 15.9 Å². The standard InChI is InChI=1S/C18H20BrFN2O3S/c1-4-22(5-2)26(24,25)13-9-10-16(20)14(11-13)18(23)21-17-8-6-7-15(19)12(17)3/h6-11H,4-5H2,1-3H3,(H,21,23). The number of hydrogen-bond acceptors (Lipinski definition) is 3. The first kappa shape index (κ1) is 20.5. The Morgan fingerprint density at radius 2 is 1.85 bits per heavy atom. The number of carbonyl (C=O) groups is 1. The highest BCUT2D eigenvalue weighted by atomic mass is 79.9. The minimum Gasteiger partial charge on any atom is -0.322 e. The SMILES string of the molecule is CCN(CC)S(=O)(=O)c1ccc(F)c(C(=O)Nc2cccc(Br)c2C)c1. The molecule has 140 valence electrons. The number of anilines is 1. The summed E-state index contributed by atoms with van der Waals surface area (Å²) in [5.74, 6) is -1.49. The topological polar surface area (TPSA) is 66.5 Å². The Morgan fingerprint density at radius 1 is 1.19 bits per heavy atom. The predicted molar refractivity (Wildman–Crippen MR) is 103 cm³/mol. The molecular formula is C18H20BrFN2O3S. The lowest BCUT2D eigenvalue weighted by molar-refractivity contribution is 0.102. The van der Waals surface area contributed by atoms with Crippen LogP contribution in [0.25, 0.3) is 0 Å². The van der Waals surface area contributed by atoms with Gasteiger partial charge in [0.25, 0.3) is 5.91 Å². The second kappa shape index (κ2) is 8.28. The van der Waals surface area contributed by atoms with Crippen LogP contribution in [0.3, 0.4) is 0 Å². The van der Waals surface area contributed by atoms with Crippen LogP contribution in [0.2, 0.25) is 0 Å². The summed E-state index contributed by atoms with van der Waals surface area (Å²) < 4.78 is 41.4. The number of benzene rings is 2. The molecule has 2 rings (SSSR count). The van der Waals surface area contributed by atoms with E-state index in [9.17, 15) is 17.6 Å². The van der Waals surface area contributed by atoms with Crippen molar-refractivity contribution >= 4 is 37.5 Å². The first-order valence-electron chi connectivity index (χ1n) is 8.08. The molecule has 0 fully saturated rings. The van der Waals surface area contributed by atoms with Gasteiger partial charge in [-0.05, 0) is 42.8 Å². The molecule has 0 aliphatic carbocycles. The van der Waals surface area contributed by atoms with E-state index < -0.39 is 21.7 Å². The van der Waals surface area contributed by atoms with Crippen molar-refractivity contribution in [2.24, 2.45) is 0 Å². The van der Waals surface area contributed by atoms with Crippen molar-refractivity contribution < 1.29 is 17.6 Å². The lowest BCUT2D eigenvalue weighted by atomic mass is 10.1. The van der Waals surface area contributed by atoms with Gasteiger partial charge < -0.3 is 5.32 Å². The molecule has 0 aliphatic heterocycles. The van der Waals surface area contributed by atoms with Crippen LogP contribution in [-0.2, 0) is 10.0 Å². The minimum atomic E-state index is -3.78. The number of rotatable bonds is 6.